The number of ether oxygens (including phenoxy) is 2. The van der Waals surface area contributed by atoms with Gasteiger partial charge in [0, 0.05) is 37.0 Å². The third-order valence-electron chi connectivity index (χ3n) is 3.92. The van der Waals surface area contributed by atoms with Crippen molar-refractivity contribution >= 4 is 23.0 Å². The first-order chi connectivity index (χ1) is 11.6. The van der Waals surface area contributed by atoms with Gasteiger partial charge in [0.2, 0.25) is 6.79 Å². The van der Waals surface area contributed by atoms with E-state index < -0.39 is 0 Å². The minimum atomic E-state index is -0.217. The van der Waals surface area contributed by atoms with E-state index >= 15 is 0 Å². The summed E-state index contributed by atoms with van der Waals surface area (Å²) in [6, 6.07) is 10.8. The molecule has 0 saturated carbocycles. The molecule has 0 aromatic heterocycles. The van der Waals surface area contributed by atoms with Gasteiger partial charge in [-0.15, -0.1) is 0 Å². The minimum absolute atomic E-state index is 0.166. The third-order valence-corrected chi connectivity index (χ3v) is 3.92. The fourth-order valence-electron chi connectivity index (χ4n) is 2.59. The highest BCUT2D eigenvalue weighted by molar-refractivity contribution is 6.06. The Balaban J connectivity index is 1.73. The number of anilines is 3. The van der Waals surface area contributed by atoms with Crippen LogP contribution in [0.1, 0.15) is 23.7 Å². The van der Waals surface area contributed by atoms with Crippen LogP contribution in [0.5, 0.6) is 11.5 Å². The van der Waals surface area contributed by atoms with Crippen molar-refractivity contribution in [3.63, 3.8) is 0 Å². The molecule has 0 atom stereocenters. The van der Waals surface area contributed by atoms with Crippen molar-refractivity contribution in [2.24, 2.45) is 0 Å². The summed E-state index contributed by atoms with van der Waals surface area (Å²) in [7, 11) is 2.03. The lowest BCUT2D eigenvalue weighted by molar-refractivity contribution is 0.102. The molecule has 1 aliphatic heterocycles. The summed E-state index contributed by atoms with van der Waals surface area (Å²) in [6.45, 7) is 3.27. The quantitative estimate of drug-likeness (QED) is 0.825. The Morgan fingerprint density at radius 2 is 1.88 bits per heavy atom. The Morgan fingerprint density at radius 3 is 2.54 bits per heavy atom. The molecule has 0 aliphatic carbocycles. The van der Waals surface area contributed by atoms with Crippen LogP contribution in [0.25, 0.3) is 0 Å². The van der Waals surface area contributed by atoms with E-state index in [0.717, 1.165) is 18.7 Å². The normalized spacial score (nSPS) is 12.1. The molecule has 0 radical (unpaired) electrons. The van der Waals surface area contributed by atoms with Gasteiger partial charge in [-0.1, -0.05) is 6.92 Å². The zero-order valence-electron chi connectivity index (χ0n) is 13.8. The summed E-state index contributed by atoms with van der Waals surface area (Å²) >= 11 is 0. The zero-order valence-corrected chi connectivity index (χ0v) is 13.8. The van der Waals surface area contributed by atoms with Gasteiger partial charge in [-0.3, -0.25) is 4.79 Å². The summed E-state index contributed by atoms with van der Waals surface area (Å²) in [5.74, 6) is 0.954. The van der Waals surface area contributed by atoms with Crippen LogP contribution in [-0.2, 0) is 0 Å². The van der Waals surface area contributed by atoms with E-state index in [4.69, 9.17) is 15.2 Å². The molecule has 0 saturated heterocycles. The van der Waals surface area contributed by atoms with Crippen LogP contribution in [0.15, 0.2) is 36.4 Å². The maximum Gasteiger partial charge on any atom is 0.255 e. The predicted octanol–water partition coefficient (Wildman–Crippen LogP) is 3.10. The number of carbonyl (C=O) groups is 1. The van der Waals surface area contributed by atoms with Crippen LogP contribution in [0, 0.1) is 0 Å². The highest BCUT2D eigenvalue weighted by Gasteiger charge is 2.17. The van der Waals surface area contributed by atoms with Crippen LogP contribution >= 0.6 is 0 Å². The second kappa shape index (κ2) is 6.70. The van der Waals surface area contributed by atoms with Crippen molar-refractivity contribution in [3.05, 3.63) is 42.0 Å². The minimum Gasteiger partial charge on any atom is -0.454 e. The molecule has 6 heteroatoms. The SMILES string of the molecule is CCCN(C)c1ccc(C(=O)Nc2cc3c(cc2N)OCO3)cc1. The van der Waals surface area contributed by atoms with Gasteiger partial charge in [0.1, 0.15) is 0 Å². The van der Waals surface area contributed by atoms with Gasteiger partial charge in [-0.05, 0) is 30.7 Å². The summed E-state index contributed by atoms with van der Waals surface area (Å²) < 4.78 is 10.6. The molecule has 0 bridgehead atoms. The van der Waals surface area contributed by atoms with Gasteiger partial charge in [0.05, 0.1) is 11.4 Å². The lowest BCUT2D eigenvalue weighted by atomic mass is 10.1. The molecule has 3 rings (SSSR count). The molecule has 24 heavy (non-hydrogen) atoms. The van der Waals surface area contributed by atoms with Crippen LogP contribution in [-0.4, -0.2) is 26.3 Å². The molecule has 6 nitrogen and oxygen atoms in total. The fraction of sp³-hybridized carbons (Fsp3) is 0.278. The number of hydrogen-bond donors (Lipinski definition) is 2. The van der Waals surface area contributed by atoms with Crippen molar-refractivity contribution in [1.29, 1.82) is 0 Å². The van der Waals surface area contributed by atoms with Crippen LogP contribution in [0.2, 0.25) is 0 Å². The molecule has 0 fully saturated rings. The van der Waals surface area contributed by atoms with Crippen LogP contribution < -0.4 is 25.4 Å². The molecular weight excluding hydrogens is 306 g/mol. The molecule has 2 aromatic carbocycles. The number of carbonyl (C=O) groups excluding carboxylic acids is 1. The van der Waals surface area contributed by atoms with Crippen LogP contribution in [0.3, 0.4) is 0 Å². The van der Waals surface area contributed by atoms with Gasteiger partial charge in [-0.25, -0.2) is 0 Å². The molecule has 1 aliphatic rings. The highest BCUT2D eigenvalue weighted by atomic mass is 16.7. The summed E-state index contributed by atoms with van der Waals surface area (Å²) in [4.78, 5) is 14.6. The van der Waals surface area contributed by atoms with Crippen LogP contribution in [0.4, 0.5) is 17.1 Å². The lowest BCUT2D eigenvalue weighted by Gasteiger charge is -2.18. The van der Waals surface area contributed by atoms with E-state index in [1.165, 1.54) is 0 Å². The molecule has 0 spiro atoms. The number of nitrogens with two attached hydrogens (primary N) is 1. The van der Waals surface area contributed by atoms with Gasteiger partial charge < -0.3 is 25.4 Å². The molecular formula is C18H21N3O3. The predicted molar refractivity (Wildman–Crippen MR) is 94.9 cm³/mol. The van der Waals surface area contributed by atoms with Crippen molar-refractivity contribution in [2.45, 2.75) is 13.3 Å². The molecule has 1 heterocycles. The molecule has 126 valence electrons. The fourth-order valence-corrected chi connectivity index (χ4v) is 2.59. The van der Waals surface area contributed by atoms with Crippen molar-refractivity contribution in [3.8, 4) is 11.5 Å². The van der Waals surface area contributed by atoms with E-state index in [0.29, 0.717) is 28.4 Å². The molecule has 2 aromatic rings. The molecule has 1 amide bonds. The van der Waals surface area contributed by atoms with Gasteiger partial charge in [0.15, 0.2) is 11.5 Å². The number of hydrogen-bond acceptors (Lipinski definition) is 5. The Labute approximate surface area is 141 Å². The average Bonchev–Trinajstić information content (AvgIpc) is 3.02. The van der Waals surface area contributed by atoms with E-state index in [9.17, 15) is 4.79 Å². The monoisotopic (exact) mass is 327 g/mol. The first-order valence-electron chi connectivity index (χ1n) is 7.90. The van der Waals surface area contributed by atoms with Crippen molar-refractivity contribution in [2.75, 3.05) is 36.3 Å². The number of nitrogen functional groups attached to an aromatic ring is 1. The Kier molecular flexibility index (Phi) is 4.46. The Hall–Kier alpha value is -2.89. The summed E-state index contributed by atoms with van der Waals surface area (Å²) in [5.41, 5.74) is 8.56. The van der Waals surface area contributed by atoms with E-state index in [1.807, 2.05) is 19.2 Å². The van der Waals surface area contributed by atoms with E-state index in [-0.39, 0.29) is 12.7 Å². The zero-order chi connectivity index (χ0) is 17.1. The van der Waals surface area contributed by atoms with Gasteiger partial charge >= 0.3 is 0 Å². The maximum absolute atomic E-state index is 12.4. The van der Waals surface area contributed by atoms with E-state index in [1.54, 1.807) is 24.3 Å². The Morgan fingerprint density at radius 1 is 1.21 bits per heavy atom. The molecule has 0 unspecified atom stereocenters. The van der Waals surface area contributed by atoms with Crippen molar-refractivity contribution in [1.82, 2.24) is 0 Å². The second-order valence-corrected chi connectivity index (χ2v) is 5.72. The second-order valence-electron chi connectivity index (χ2n) is 5.72. The summed E-state index contributed by atoms with van der Waals surface area (Å²) in [5, 5.41) is 2.82. The topological polar surface area (TPSA) is 76.8 Å². The Bertz CT molecular complexity index is 744. The first kappa shape index (κ1) is 16.0. The first-order valence-corrected chi connectivity index (χ1v) is 7.90. The number of nitrogens with one attached hydrogen (secondary N) is 1. The maximum atomic E-state index is 12.4. The lowest BCUT2D eigenvalue weighted by Crippen LogP contribution is -2.18. The largest absolute Gasteiger partial charge is 0.454 e. The highest BCUT2D eigenvalue weighted by Crippen LogP contribution is 2.38. The molecule has 3 N–H and O–H groups in total. The number of nitrogens with zero attached hydrogens (tertiary/aromatic N) is 1. The standard InChI is InChI=1S/C18H21N3O3/c1-3-8-21(2)13-6-4-12(5-7-13)18(22)20-15-10-17-16(9-14(15)19)23-11-24-17/h4-7,9-10H,3,8,11,19H2,1-2H3,(H,20,22). The number of benzene rings is 2. The number of rotatable bonds is 5. The van der Waals surface area contributed by atoms with Gasteiger partial charge in [0.25, 0.3) is 5.91 Å². The summed E-state index contributed by atoms with van der Waals surface area (Å²) in [6.07, 6.45) is 1.07. The van der Waals surface area contributed by atoms with Gasteiger partial charge in [-0.2, -0.15) is 0 Å². The van der Waals surface area contributed by atoms with E-state index in [2.05, 4.69) is 17.1 Å². The average molecular weight is 327 g/mol. The number of amides is 1. The third kappa shape index (κ3) is 3.22. The smallest absolute Gasteiger partial charge is 0.255 e. The van der Waals surface area contributed by atoms with Crippen molar-refractivity contribution < 1.29 is 14.3 Å². The number of fused-ring (bicyclic) bond motifs is 1.